The molecule has 3 rings (SSSR count). The minimum Gasteiger partial charge on any atom is -0.497 e. The van der Waals surface area contributed by atoms with Crippen LogP contribution in [0.3, 0.4) is 0 Å². The molecule has 2 heteroatoms. The van der Waals surface area contributed by atoms with E-state index in [0.29, 0.717) is 0 Å². The maximum Gasteiger partial charge on any atom is 0.135 e. The Bertz CT molecular complexity index is 747. The van der Waals surface area contributed by atoms with Crippen LogP contribution in [0.15, 0.2) is 48.5 Å². The molecule has 0 bridgehead atoms. The minimum atomic E-state index is 0.723. The van der Waals surface area contributed by atoms with Gasteiger partial charge in [-0.1, -0.05) is 37.3 Å². The summed E-state index contributed by atoms with van der Waals surface area (Å²) in [7, 11) is 1.69. The normalized spacial score (nSPS) is 10.9. The molecule has 0 radical (unpaired) electrons. The molecule has 3 aromatic carbocycles. The number of methoxy groups -OCH3 is 1. The van der Waals surface area contributed by atoms with Gasteiger partial charge in [0, 0.05) is 10.8 Å². The third kappa shape index (κ3) is 2.18. The Morgan fingerprint density at radius 3 is 2.50 bits per heavy atom. The molecule has 0 atom stereocenters. The zero-order chi connectivity index (χ0) is 13.9. The molecule has 0 aromatic heterocycles. The molecule has 0 aliphatic heterocycles. The van der Waals surface area contributed by atoms with Crippen LogP contribution in [0.1, 0.15) is 13.3 Å². The molecule has 0 saturated carbocycles. The number of benzene rings is 3. The fraction of sp³-hybridized carbons (Fsp3) is 0.222. The van der Waals surface area contributed by atoms with Gasteiger partial charge in [0.15, 0.2) is 0 Å². The summed E-state index contributed by atoms with van der Waals surface area (Å²) in [5, 5.41) is 4.64. The molecule has 0 fully saturated rings. The highest BCUT2D eigenvalue weighted by Gasteiger charge is 2.09. The quantitative estimate of drug-likeness (QED) is 0.632. The largest absolute Gasteiger partial charge is 0.497 e. The zero-order valence-corrected chi connectivity index (χ0v) is 11.8. The highest BCUT2D eigenvalue weighted by atomic mass is 16.5. The number of rotatable bonds is 4. The predicted octanol–water partition coefficient (Wildman–Crippen LogP) is 4.79. The van der Waals surface area contributed by atoms with E-state index in [1.807, 2.05) is 18.2 Å². The second-order valence-corrected chi connectivity index (χ2v) is 4.86. The topological polar surface area (TPSA) is 18.5 Å². The number of ether oxygens (including phenoxy) is 2. The number of hydrogen-bond acceptors (Lipinski definition) is 2. The van der Waals surface area contributed by atoms with Gasteiger partial charge in [0.1, 0.15) is 11.5 Å². The summed E-state index contributed by atoms with van der Waals surface area (Å²) in [4.78, 5) is 0. The SMILES string of the molecule is CCCOc1c2ccccc2cc2ccc(OC)cc12. The van der Waals surface area contributed by atoms with Crippen molar-refractivity contribution in [3.63, 3.8) is 0 Å². The van der Waals surface area contributed by atoms with Gasteiger partial charge in [-0.25, -0.2) is 0 Å². The van der Waals surface area contributed by atoms with Crippen molar-refractivity contribution in [2.75, 3.05) is 13.7 Å². The third-order valence-electron chi connectivity index (χ3n) is 3.47. The van der Waals surface area contributed by atoms with Crippen molar-refractivity contribution < 1.29 is 9.47 Å². The molecular weight excluding hydrogens is 248 g/mol. The molecule has 0 unspecified atom stereocenters. The van der Waals surface area contributed by atoms with Crippen LogP contribution < -0.4 is 9.47 Å². The van der Waals surface area contributed by atoms with E-state index in [0.717, 1.165) is 35.3 Å². The fourth-order valence-corrected chi connectivity index (χ4v) is 2.49. The fourth-order valence-electron chi connectivity index (χ4n) is 2.49. The summed E-state index contributed by atoms with van der Waals surface area (Å²) in [6.45, 7) is 2.84. The first-order valence-electron chi connectivity index (χ1n) is 6.96. The van der Waals surface area contributed by atoms with Gasteiger partial charge >= 0.3 is 0 Å². The molecule has 3 aromatic rings. The Hall–Kier alpha value is -2.22. The Balaban J connectivity index is 2.32. The number of fused-ring (bicyclic) bond motifs is 2. The van der Waals surface area contributed by atoms with Crippen LogP contribution in [0.4, 0.5) is 0 Å². The second kappa shape index (κ2) is 5.41. The lowest BCUT2D eigenvalue weighted by atomic mass is 10.0. The summed E-state index contributed by atoms with van der Waals surface area (Å²) in [6, 6.07) is 16.7. The van der Waals surface area contributed by atoms with Crippen LogP contribution in [-0.2, 0) is 0 Å². The lowest BCUT2D eigenvalue weighted by Gasteiger charge is -2.13. The van der Waals surface area contributed by atoms with E-state index in [1.165, 1.54) is 10.8 Å². The summed E-state index contributed by atoms with van der Waals surface area (Å²) < 4.78 is 11.4. The Morgan fingerprint density at radius 2 is 1.70 bits per heavy atom. The minimum absolute atomic E-state index is 0.723. The molecule has 0 heterocycles. The molecule has 0 aliphatic rings. The van der Waals surface area contributed by atoms with Crippen molar-refractivity contribution in [1.29, 1.82) is 0 Å². The molecule has 0 saturated heterocycles. The average Bonchev–Trinajstić information content (AvgIpc) is 2.51. The summed E-state index contributed by atoms with van der Waals surface area (Å²) in [5.41, 5.74) is 0. The molecule has 0 N–H and O–H groups in total. The van der Waals surface area contributed by atoms with Gasteiger partial charge in [0.2, 0.25) is 0 Å². The monoisotopic (exact) mass is 266 g/mol. The van der Waals surface area contributed by atoms with E-state index in [4.69, 9.17) is 9.47 Å². The summed E-state index contributed by atoms with van der Waals surface area (Å²) in [6.07, 6.45) is 0.995. The van der Waals surface area contributed by atoms with E-state index in [1.54, 1.807) is 7.11 Å². The first-order chi connectivity index (χ1) is 9.83. The second-order valence-electron chi connectivity index (χ2n) is 4.86. The van der Waals surface area contributed by atoms with Gasteiger partial charge in [-0.2, -0.15) is 0 Å². The lowest BCUT2D eigenvalue weighted by molar-refractivity contribution is 0.324. The van der Waals surface area contributed by atoms with E-state index >= 15 is 0 Å². The molecule has 0 amide bonds. The van der Waals surface area contributed by atoms with Crippen molar-refractivity contribution in [1.82, 2.24) is 0 Å². The van der Waals surface area contributed by atoms with E-state index < -0.39 is 0 Å². The summed E-state index contributed by atoms with van der Waals surface area (Å²) >= 11 is 0. The standard InChI is InChI=1S/C18H18O2/c1-3-10-20-18-16-7-5-4-6-13(16)11-14-8-9-15(19-2)12-17(14)18/h4-9,11-12H,3,10H2,1-2H3. The van der Waals surface area contributed by atoms with Crippen molar-refractivity contribution in [2.45, 2.75) is 13.3 Å². The van der Waals surface area contributed by atoms with Crippen LogP contribution in [0, 0.1) is 0 Å². The lowest BCUT2D eigenvalue weighted by Crippen LogP contribution is -1.97. The Morgan fingerprint density at radius 1 is 0.900 bits per heavy atom. The van der Waals surface area contributed by atoms with Crippen molar-refractivity contribution in [3.8, 4) is 11.5 Å². The maximum absolute atomic E-state index is 6.03. The Labute approximate surface area is 118 Å². The van der Waals surface area contributed by atoms with Crippen LogP contribution in [0.2, 0.25) is 0 Å². The van der Waals surface area contributed by atoms with Gasteiger partial charge in [0.25, 0.3) is 0 Å². The van der Waals surface area contributed by atoms with Gasteiger partial charge in [-0.05, 0) is 35.4 Å². The van der Waals surface area contributed by atoms with Crippen molar-refractivity contribution >= 4 is 21.5 Å². The molecule has 0 aliphatic carbocycles. The van der Waals surface area contributed by atoms with Crippen LogP contribution >= 0.6 is 0 Å². The van der Waals surface area contributed by atoms with E-state index in [9.17, 15) is 0 Å². The van der Waals surface area contributed by atoms with Crippen LogP contribution in [0.25, 0.3) is 21.5 Å². The average molecular weight is 266 g/mol. The molecule has 2 nitrogen and oxygen atoms in total. The van der Waals surface area contributed by atoms with E-state index in [2.05, 4.69) is 37.3 Å². The smallest absolute Gasteiger partial charge is 0.135 e. The third-order valence-corrected chi connectivity index (χ3v) is 3.47. The molecular formula is C18H18O2. The van der Waals surface area contributed by atoms with Crippen LogP contribution in [0.5, 0.6) is 11.5 Å². The van der Waals surface area contributed by atoms with Crippen molar-refractivity contribution in [2.24, 2.45) is 0 Å². The summed E-state index contributed by atoms with van der Waals surface area (Å²) in [5.74, 6) is 1.81. The van der Waals surface area contributed by atoms with E-state index in [-0.39, 0.29) is 0 Å². The van der Waals surface area contributed by atoms with Crippen molar-refractivity contribution in [3.05, 3.63) is 48.5 Å². The highest BCUT2D eigenvalue weighted by molar-refractivity contribution is 6.05. The van der Waals surface area contributed by atoms with Gasteiger partial charge in [-0.3, -0.25) is 0 Å². The van der Waals surface area contributed by atoms with Crippen LogP contribution in [-0.4, -0.2) is 13.7 Å². The first kappa shape index (κ1) is 12.8. The molecule has 20 heavy (non-hydrogen) atoms. The highest BCUT2D eigenvalue weighted by Crippen LogP contribution is 2.36. The molecule has 0 spiro atoms. The zero-order valence-electron chi connectivity index (χ0n) is 11.8. The molecule has 102 valence electrons. The maximum atomic E-state index is 6.03. The van der Waals surface area contributed by atoms with Gasteiger partial charge in [-0.15, -0.1) is 0 Å². The predicted molar refractivity (Wildman–Crippen MR) is 83.8 cm³/mol. The van der Waals surface area contributed by atoms with Gasteiger partial charge in [0.05, 0.1) is 13.7 Å². The van der Waals surface area contributed by atoms with Gasteiger partial charge < -0.3 is 9.47 Å². The number of hydrogen-bond donors (Lipinski definition) is 0. The Kier molecular flexibility index (Phi) is 3.46. The first-order valence-corrected chi connectivity index (χ1v) is 6.96.